The van der Waals surface area contributed by atoms with Gasteiger partial charge in [-0.2, -0.15) is 0 Å². The van der Waals surface area contributed by atoms with E-state index in [0.29, 0.717) is 17.3 Å². The van der Waals surface area contributed by atoms with Crippen molar-refractivity contribution in [2.24, 2.45) is 0 Å². The van der Waals surface area contributed by atoms with E-state index in [2.05, 4.69) is 10.2 Å². The summed E-state index contributed by atoms with van der Waals surface area (Å²) in [6.45, 7) is 0.549. The number of rotatable bonds is 1. The van der Waals surface area contributed by atoms with E-state index in [0.717, 1.165) is 16.5 Å². The summed E-state index contributed by atoms with van der Waals surface area (Å²) in [5.74, 6) is 1.46. The third-order valence-electron chi connectivity index (χ3n) is 2.62. The summed E-state index contributed by atoms with van der Waals surface area (Å²) in [5, 5.41) is 19.5. The van der Waals surface area contributed by atoms with Crippen LogP contribution in [0, 0.1) is 0 Å². The van der Waals surface area contributed by atoms with Crippen molar-refractivity contribution < 1.29 is 5.11 Å². The molecule has 0 spiro atoms. The van der Waals surface area contributed by atoms with Crippen molar-refractivity contribution in [3.05, 3.63) is 29.3 Å². The first kappa shape index (κ1) is 11.1. The molecule has 1 atom stereocenters. The lowest BCUT2D eigenvalue weighted by Gasteiger charge is -2.19. The van der Waals surface area contributed by atoms with Gasteiger partial charge in [0, 0.05) is 16.3 Å². The van der Waals surface area contributed by atoms with E-state index in [1.807, 2.05) is 28.8 Å². The summed E-state index contributed by atoms with van der Waals surface area (Å²) in [5.41, 5.74) is 0.961. The number of aromatic nitrogens is 3. The molecule has 0 bridgehead atoms. The zero-order valence-corrected chi connectivity index (χ0v) is 10.4. The van der Waals surface area contributed by atoms with E-state index in [4.69, 9.17) is 11.6 Å². The van der Waals surface area contributed by atoms with Crippen LogP contribution in [0.2, 0.25) is 5.02 Å². The van der Waals surface area contributed by atoms with Crippen molar-refractivity contribution in [3.8, 4) is 11.4 Å². The fraction of sp³-hybridized carbons (Fsp3) is 0.273. The van der Waals surface area contributed by atoms with E-state index >= 15 is 0 Å². The minimum atomic E-state index is -0.338. The van der Waals surface area contributed by atoms with Gasteiger partial charge in [0.05, 0.1) is 12.6 Å². The average Bonchev–Trinajstić information content (AvgIpc) is 2.73. The number of halogens is 1. The van der Waals surface area contributed by atoms with Crippen molar-refractivity contribution >= 4 is 23.4 Å². The third-order valence-corrected chi connectivity index (χ3v) is 3.98. The van der Waals surface area contributed by atoms with Gasteiger partial charge in [-0.15, -0.1) is 10.2 Å². The smallest absolute Gasteiger partial charge is 0.191 e. The molecule has 0 aliphatic carbocycles. The predicted octanol–water partition coefficient (Wildman–Crippen LogP) is 2.07. The Bertz CT molecular complexity index is 540. The first-order chi connectivity index (χ1) is 8.24. The van der Waals surface area contributed by atoms with E-state index < -0.39 is 0 Å². The fourth-order valence-corrected chi connectivity index (χ4v) is 2.80. The summed E-state index contributed by atoms with van der Waals surface area (Å²) < 4.78 is 1.95. The molecule has 0 saturated heterocycles. The first-order valence-corrected chi connectivity index (χ1v) is 6.60. The molecule has 4 nitrogen and oxygen atoms in total. The zero-order chi connectivity index (χ0) is 11.8. The van der Waals surface area contributed by atoms with Crippen LogP contribution >= 0.6 is 23.4 Å². The second-order valence-corrected chi connectivity index (χ2v) is 5.31. The van der Waals surface area contributed by atoms with Gasteiger partial charge in [-0.1, -0.05) is 23.4 Å². The van der Waals surface area contributed by atoms with Crippen molar-refractivity contribution in [2.45, 2.75) is 17.8 Å². The Labute approximate surface area is 108 Å². The minimum absolute atomic E-state index is 0.338. The molecule has 2 aromatic rings. The third kappa shape index (κ3) is 2.06. The number of hydrogen-bond donors (Lipinski definition) is 1. The number of benzene rings is 1. The highest BCUT2D eigenvalue weighted by atomic mass is 35.5. The molecule has 1 N–H and O–H groups in total. The molecule has 1 aromatic carbocycles. The lowest BCUT2D eigenvalue weighted by Crippen LogP contribution is -2.24. The molecular weight excluding hydrogens is 258 g/mol. The van der Waals surface area contributed by atoms with Gasteiger partial charge in [-0.25, -0.2) is 0 Å². The Morgan fingerprint density at radius 2 is 2.06 bits per heavy atom. The number of fused-ring (bicyclic) bond motifs is 1. The number of aliphatic hydroxyl groups is 1. The molecule has 0 unspecified atom stereocenters. The molecule has 0 saturated carbocycles. The lowest BCUT2D eigenvalue weighted by molar-refractivity contribution is 0.171. The Kier molecular flexibility index (Phi) is 2.82. The maximum Gasteiger partial charge on any atom is 0.191 e. The molecule has 1 aromatic heterocycles. The molecule has 88 valence electrons. The van der Waals surface area contributed by atoms with Gasteiger partial charge in [-0.3, -0.25) is 4.57 Å². The molecule has 0 radical (unpaired) electrons. The average molecular weight is 268 g/mol. The van der Waals surface area contributed by atoms with Gasteiger partial charge in [0.2, 0.25) is 0 Å². The zero-order valence-electron chi connectivity index (χ0n) is 8.88. The van der Waals surface area contributed by atoms with Gasteiger partial charge in [0.15, 0.2) is 11.0 Å². The van der Waals surface area contributed by atoms with Crippen molar-refractivity contribution in [1.29, 1.82) is 0 Å². The SMILES string of the molecule is O[C@H]1CSc2nnc(-c3ccc(Cl)cc3)n2C1. The molecule has 1 aliphatic heterocycles. The molecular formula is C11H10ClN3OS. The lowest BCUT2D eigenvalue weighted by atomic mass is 10.2. The van der Waals surface area contributed by atoms with Gasteiger partial charge < -0.3 is 5.11 Å². The molecule has 2 heterocycles. The topological polar surface area (TPSA) is 50.9 Å². The number of hydrogen-bond acceptors (Lipinski definition) is 4. The van der Waals surface area contributed by atoms with E-state index in [9.17, 15) is 5.11 Å². The quantitative estimate of drug-likeness (QED) is 0.859. The highest BCUT2D eigenvalue weighted by Gasteiger charge is 2.22. The van der Waals surface area contributed by atoms with Crippen LogP contribution in [-0.2, 0) is 6.54 Å². The summed E-state index contributed by atoms with van der Waals surface area (Å²) in [6.07, 6.45) is -0.338. The molecule has 3 rings (SSSR count). The highest BCUT2D eigenvalue weighted by Crippen LogP contribution is 2.29. The van der Waals surface area contributed by atoms with E-state index in [-0.39, 0.29) is 6.10 Å². The Morgan fingerprint density at radius 1 is 1.29 bits per heavy atom. The number of aliphatic hydroxyl groups excluding tert-OH is 1. The van der Waals surface area contributed by atoms with Crippen LogP contribution in [0.5, 0.6) is 0 Å². The van der Waals surface area contributed by atoms with Gasteiger partial charge >= 0.3 is 0 Å². The molecule has 6 heteroatoms. The van der Waals surface area contributed by atoms with E-state index in [1.165, 1.54) is 11.8 Å². The first-order valence-electron chi connectivity index (χ1n) is 5.24. The standard InChI is InChI=1S/C11H10ClN3OS/c12-8-3-1-7(2-4-8)10-13-14-11-15(10)5-9(16)6-17-11/h1-4,9,16H,5-6H2/t9-/m1/s1. The normalized spacial score (nSPS) is 19.1. The van der Waals surface area contributed by atoms with Gasteiger partial charge in [0.25, 0.3) is 0 Å². The molecule has 0 amide bonds. The second-order valence-electron chi connectivity index (χ2n) is 3.89. The summed E-state index contributed by atoms with van der Waals surface area (Å²) in [7, 11) is 0. The van der Waals surface area contributed by atoms with E-state index in [1.54, 1.807) is 0 Å². The Morgan fingerprint density at radius 3 is 2.82 bits per heavy atom. The fourth-order valence-electron chi connectivity index (χ4n) is 1.81. The van der Waals surface area contributed by atoms with Crippen LogP contribution in [0.15, 0.2) is 29.4 Å². The summed E-state index contributed by atoms with van der Waals surface area (Å²) >= 11 is 7.38. The number of thioether (sulfide) groups is 1. The molecule has 1 aliphatic rings. The van der Waals surface area contributed by atoms with Crippen LogP contribution in [0.1, 0.15) is 0 Å². The molecule has 0 fully saturated rings. The monoisotopic (exact) mass is 267 g/mol. The van der Waals surface area contributed by atoms with Crippen LogP contribution in [0.4, 0.5) is 0 Å². The Hall–Kier alpha value is -1.04. The van der Waals surface area contributed by atoms with Crippen molar-refractivity contribution in [2.75, 3.05) is 5.75 Å². The van der Waals surface area contributed by atoms with Gasteiger partial charge in [0.1, 0.15) is 0 Å². The van der Waals surface area contributed by atoms with Crippen LogP contribution in [-0.4, -0.2) is 31.7 Å². The highest BCUT2D eigenvalue weighted by molar-refractivity contribution is 7.99. The second kappa shape index (κ2) is 4.33. The number of nitrogens with zero attached hydrogens (tertiary/aromatic N) is 3. The summed E-state index contributed by atoms with van der Waals surface area (Å²) in [4.78, 5) is 0. The van der Waals surface area contributed by atoms with Crippen LogP contribution in [0.3, 0.4) is 0 Å². The van der Waals surface area contributed by atoms with Crippen molar-refractivity contribution in [3.63, 3.8) is 0 Å². The van der Waals surface area contributed by atoms with Gasteiger partial charge in [-0.05, 0) is 24.3 Å². The maximum absolute atomic E-state index is 9.67. The maximum atomic E-state index is 9.67. The van der Waals surface area contributed by atoms with Crippen LogP contribution < -0.4 is 0 Å². The Balaban J connectivity index is 2.04. The van der Waals surface area contributed by atoms with Crippen LogP contribution in [0.25, 0.3) is 11.4 Å². The molecule has 17 heavy (non-hydrogen) atoms. The largest absolute Gasteiger partial charge is 0.390 e. The summed E-state index contributed by atoms with van der Waals surface area (Å²) in [6, 6.07) is 7.46. The minimum Gasteiger partial charge on any atom is -0.390 e. The van der Waals surface area contributed by atoms with Crippen molar-refractivity contribution in [1.82, 2.24) is 14.8 Å². The predicted molar refractivity (Wildman–Crippen MR) is 67.2 cm³/mol.